The molecule has 0 spiro atoms. The average Bonchev–Trinajstić information content (AvgIpc) is 2.99. The molecule has 0 bridgehead atoms. The van der Waals surface area contributed by atoms with Crippen LogP contribution in [0.5, 0.6) is 5.75 Å². The smallest absolute Gasteiger partial charge is 0.264 e. The number of nitrogens with zero attached hydrogens (tertiary/aromatic N) is 2. The van der Waals surface area contributed by atoms with Gasteiger partial charge in [-0.25, -0.2) is 8.42 Å². The molecule has 9 heteroatoms. The number of benzene rings is 3. The van der Waals surface area contributed by atoms with E-state index in [1.165, 1.54) is 17.0 Å². The number of sulfonamides is 1. The summed E-state index contributed by atoms with van der Waals surface area (Å²) in [5, 5.41) is 3.13. The van der Waals surface area contributed by atoms with E-state index >= 15 is 0 Å². The van der Waals surface area contributed by atoms with E-state index in [1.54, 1.807) is 38.3 Å². The number of hydrogen-bond acceptors (Lipinski definition) is 5. The van der Waals surface area contributed by atoms with Crippen molar-refractivity contribution in [3.05, 3.63) is 89.5 Å². The lowest BCUT2D eigenvalue weighted by molar-refractivity contribution is -0.139. The Morgan fingerprint density at radius 3 is 2.33 bits per heavy atom. The van der Waals surface area contributed by atoms with Crippen LogP contribution in [0.3, 0.4) is 0 Å². The summed E-state index contributed by atoms with van der Waals surface area (Å²) in [7, 11) is -2.54. The summed E-state index contributed by atoms with van der Waals surface area (Å²) in [6.45, 7) is 5.10. The SMILES string of the molecule is COc1cccc(CN(C(=O)CN(c2ccc(C)cc2C)S(=O)(=O)c2ccccc2)C(C)C(=O)NC2CCCCC2)c1. The molecule has 1 fully saturated rings. The van der Waals surface area contributed by atoms with E-state index in [0.29, 0.717) is 11.4 Å². The van der Waals surface area contributed by atoms with Crippen LogP contribution < -0.4 is 14.4 Å². The highest BCUT2D eigenvalue weighted by Crippen LogP contribution is 2.28. The van der Waals surface area contributed by atoms with Gasteiger partial charge in [0.25, 0.3) is 10.0 Å². The number of methoxy groups -OCH3 is 1. The summed E-state index contributed by atoms with van der Waals surface area (Å²) in [4.78, 5) is 29.2. The van der Waals surface area contributed by atoms with Crippen LogP contribution in [0, 0.1) is 13.8 Å². The predicted molar refractivity (Wildman–Crippen MR) is 165 cm³/mol. The first-order chi connectivity index (χ1) is 20.1. The molecule has 42 heavy (non-hydrogen) atoms. The molecule has 4 rings (SSSR count). The van der Waals surface area contributed by atoms with Gasteiger partial charge in [0.05, 0.1) is 17.7 Å². The van der Waals surface area contributed by atoms with Crippen LogP contribution in [0.4, 0.5) is 5.69 Å². The second kappa shape index (κ2) is 13.9. The largest absolute Gasteiger partial charge is 0.497 e. The standard InChI is InChI=1S/C33H41N3O5S/c1-24-18-19-31(25(2)20-24)36(42(39,40)30-16-9-6-10-17-30)23-32(37)35(22-27-12-11-15-29(21-27)41-4)26(3)33(38)34-28-13-7-5-8-14-28/h6,9-12,15-21,26,28H,5,7-8,13-14,22-23H2,1-4H3,(H,34,38). The highest BCUT2D eigenvalue weighted by Gasteiger charge is 2.33. The molecule has 0 saturated heterocycles. The molecule has 224 valence electrons. The molecule has 0 aliphatic heterocycles. The van der Waals surface area contributed by atoms with Gasteiger partial charge < -0.3 is 15.0 Å². The van der Waals surface area contributed by atoms with Crippen molar-refractivity contribution < 1.29 is 22.7 Å². The van der Waals surface area contributed by atoms with Crippen molar-refractivity contribution in [1.29, 1.82) is 0 Å². The van der Waals surface area contributed by atoms with Crippen LogP contribution in [-0.4, -0.2) is 50.9 Å². The molecular weight excluding hydrogens is 550 g/mol. The van der Waals surface area contributed by atoms with Crippen LogP contribution in [-0.2, 0) is 26.2 Å². The van der Waals surface area contributed by atoms with Crippen molar-refractivity contribution in [2.45, 2.75) is 76.4 Å². The summed E-state index contributed by atoms with van der Waals surface area (Å²) in [6.07, 6.45) is 5.12. The minimum absolute atomic E-state index is 0.0765. The molecule has 1 N–H and O–H groups in total. The molecular formula is C33H41N3O5S. The van der Waals surface area contributed by atoms with Gasteiger partial charge in [-0.05, 0) is 75.1 Å². The number of carbonyl (C=O) groups excluding carboxylic acids is 2. The first kappa shape index (κ1) is 31.1. The molecule has 2 amide bonds. The van der Waals surface area contributed by atoms with Gasteiger partial charge in [0, 0.05) is 12.6 Å². The maximum Gasteiger partial charge on any atom is 0.264 e. The van der Waals surface area contributed by atoms with Gasteiger partial charge >= 0.3 is 0 Å². The van der Waals surface area contributed by atoms with E-state index in [0.717, 1.165) is 53.1 Å². The molecule has 1 atom stereocenters. The molecule has 8 nitrogen and oxygen atoms in total. The van der Waals surface area contributed by atoms with Gasteiger partial charge in [0.1, 0.15) is 18.3 Å². The molecule has 0 heterocycles. The van der Waals surface area contributed by atoms with Crippen molar-refractivity contribution in [2.24, 2.45) is 0 Å². The summed E-state index contributed by atoms with van der Waals surface area (Å²) >= 11 is 0. The molecule has 1 aliphatic rings. The Hall–Kier alpha value is -3.85. The monoisotopic (exact) mass is 591 g/mol. The molecule has 3 aromatic rings. The Bertz CT molecular complexity index is 1490. The normalized spacial score (nSPS) is 14.6. The Morgan fingerprint density at radius 2 is 1.67 bits per heavy atom. The number of anilines is 1. The van der Waals surface area contributed by atoms with Gasteiger partial charge in [-0.1, -0.05) is 67.3 Å². The van der Waals surface area contributed by atoms with Gasteiger partial charge in [0.2, 0.25) is 11.8 Å². The van der Waals surface area contributed by atoms with Crippen LogP contribution in [0.25, 0.3) is 0 Å². The Kier molecular flexibility index (Phi) is 10.3. The summed E-state index contributed by atoms with van der Waals surface area (Å²) in [5.74, 6) is -0.103. The molecule has 3 aromatic carbocycles. The third kappa shape index (κ3) is 7.50. The third-order valence-electron chi connectivity index (χ3n) is 7.84. The van der Waals surface area contributed by atoms with E-state index < -0.39 is 28.5 Å². The Labute approximate surface area is 249 Å². The van der Waals surface area contributed by atoms with E-state index in [4.69, 9.17) is 4.74 Å². The maximum absolute atomic E-state index is 14.2. The quantitative estimate of drug-likeness (QED) is 0.323. The fourth-order valence-corrected chi connectivity index (χ4v) is 6.94. The van der Waals surface area contributed by atoms with E-state index in [2.05, 4.69) is 5.32 Å². The number of carbonyl (C=O) groups is 2. The van der Waals surface area contributed by atoms with Gasteiger partial charge in [0.15, 0.2) is 0 Å². The summed E-state index contributed by atoms with van der Waals surface area (Å²) in [6, 6.07) is 20.1. The van der Waals surface area contributed by atoms with Gasteiger partial charge in [-0.2, -0.15) is 0 Å². The van der Waals surface area contributed by atoms with Crippen LogP contribution in [0.1, 0.15) is 55.7 Å². The van der Waals surface area contributed by atoms with Crippen molar-refractivity contribution in [3.8, 4) is 5.75 Å². The highest BCUT2D eigenvalue weighted by atomic mass is 32.2. The second-order valence-corrected chi connectivity index (χ2v) is 12.9. The summed E-state index contributed by atoms with van der Waals surface area (Å²) in [5.41, 5.74) is 2.89. The number of ether oxygens (including phenoxy) is 1. The molecule has 1 saturated carbocycles. The lowest BCUT2D eigenvalue weighted by Crippen LogP contribution is -2.53. The van der Waals surface area contributed by atoms with Crippen molar-refractivity contribution >= 4 is 27.5 Å². The molecule has 0 radical (unpaired) electrons. The lowest BCUT2D eigenvalue weighted by Gasteiger charge is -2.33. The zero-order valence-corrected chi connectivity index (χ0v) is 25.7. The van der Waals surface area contributed by atoms with Crippen molar-refractivity contribution in [3.63, 3.8) is 0 Å². The van der Waals surface area contributed by atoms with E-state index in [-0.39, 0.29) is 23.4 Å². The second-order valence-electron chi connectivity index (χ2n) is 11.0. The van der Waals surface area contributed by atoms with Gasteiger partial charge in [-0.3, -0.25) is 13.9 Å². The number of rotatable bonds is 11. The zero-order chi connectivity index (χ0) is 30.3. The van der Waals surface area contributed by atoms with Crippen LogP contribution >= 0.6 is 0 Å². The fraction of sp³-hybridized carbons (Fsp3) is 0.394. The lowest BCUT2D eigenvalue weighted by atomic mass is 9.95. The van der Waals surface area contributed by atoms with Crippen molar-refractivity contribution in [1.82, 2.24) is 10.2 Å². The maximum atomic E-state index is 14.2. The van der Waals surface area contributed by atoms with Crippen LogP contribution in [0.15, 0.2) is 77.7 Å². The minimum Gasteiger partial charge on any atom is -0.497 e. The summed E-state index contributed by atoms with van der Waals surface area (Å²) < 4.78 is 34.5. The van der Waals surface area contributed by atoms with Crippen molar-refractivity contribution in [2.75, 3.05) is 18.0 Å². The zero-order valence-electron chi connectivity index (χ0n) is 24.9. The van der Waals surface area contributed by atoms with E-state index in [9.17, 15) is 18.0 Å². The molecule has 1 unspecified atom stereocenters. The first-order valence-corrected chi connectivity index (χ1v) is 15.9. The topological polar surface area (TPSA) is 96.0 Å². The average molecular weight is 592 g/mol. The molecule has 1 aliphatic carbocycles. The van der Waals surface area contributed by atoms with Gasteiger partial charge in [-0.15, -0.1) is 0 Å². The first-order valence-electron chi connectivity index (χ1n) is 14.5. The van der Waals surface area contributed by atoms with E-state index in [1.807, 2.05) is 50.2 Å². The number of aryl methyl sites for hydroxylation is 2. The Morgan fingerprint density at radius 1 is 0.952 bits per heavy atom. The number of amides is 2. The molecule has 0 aromatic heterocycles. The third-order valence-corrected chi connectivity index (χ3v) is 9.61. The number of nitrogens with one attached hydrogen (secondary N) is 1. The highest BCUT2D eigenvalue weighted by molar-refractivity contribution is 7.92. The minimum atomic E-state index is -4.10. The Balaban J connectivity index is 1.70. The number of hydrogen-bond donors (Lipinski definition) is 1. The fourth-order valence-electron chi connectivity index (χ4n) is 5.44. The van der Waals surface area contributed by atoms with Crippen LogP contribution in [0.2, 0.25) is 0 Å². The predicted octanol–water partition coefficient (Wildman–Crippen LogP) is 5.37.